The van der Waals surface area contributed by atoms with E-state index in [1.165, 1.54) is 38.5 Å². The van der Waals surface area contributed by atoms with Gasteiger partial charge in [-0.25, -0.2) is 0 Å². The van der Waals surface area contributed by atoms with Crippen molar-refractivity contribution >= 4 is 11.9 Å². The Morgan fingerprint density at radius 3 is 1.70 bits per heavy atom. The number of carbonyl (C=O) groups is 2. The molecule has 1 fully saturated rings. The van der Waals surface area contributed by atoms with Crippen LogP contribution in [0.3, 0.4) is 0 Å². The second-order valence-corrected chi connectivity index (χ2v) is 14.1. The highest BCUT2D eigenvalue weighted by atomic mass is 16.7. The number of esters is 2. The molecule has 2 unspecified atom stereocenters. The van der Waals surface area contributed by atoms with Gasteiger partial charge in [0.1, 0.15) is 31.0 Å². The van der Waals surface area contributed by atoms with E-state index in [2.05, 4.69) is 74.6 Å². The van der Waals surface area contributed by atoms with Crippen LogP contribution in [-0.2, 0) is 28.5 Å². The van der Waals surface area contributed by atoms with Crippen LogP contribution >= 0.6 is 0 Å². The third-order valence-electron chi connectivity index (χ3n) is 9.14. The van der Waals surface area contributed by atoms with E-state index in [0.29, 0.717) is 12.8 Å². The van der Waals surface area contributed by atoms with Gasteiger partial charge >= 0.3 is 11.9 Å². The second kappa shape index (κ2) is 34.9. The van der Waals surface area contributed by atoms with Crippen molar-refractivity contribution in [2.24, 2.45) is 0 Å². The van der Waals surface area contributed by atoms with Gasteiger partial charge in [0.2, 0.25) is 0 Å². The average molecular weight is 763 g/mol. The highest BCUT2D eigenvalue weighted by Gasteiger charge is 2.44. The second-order valence-electron chi connectivity index (χ2n) is 14.1. The number of ether oxygens (including phenoxy) is 4. The standard InChI is InChI=1S/C44H74O10/c1-3-5-7-9-11-13-15-17-19-21-23-25-27-29-31-33-40(47)53-37(36-52-44-43(50)42(49)41(48)38(34-45)54-44)35-51-39(46)32-30-28-26-24-22-20-18-16-14-12-10-8-6-4-2/h5,7,11,13,16-19,23,25,37-38,41-45,48-50H,3-4,6,8-10,12,14-15,20-22,24,26-36H2,1-2H3/b7-5+,13-11+,18-16+,19-17+,25-23+/t37-,38-,41+,42?,43?,44-/m0/s1. The van der Waals surface area contributed by atoms with Gasteiger partial charge < -0.3 is 39.4 Å². The normalized spacial score (nSPS) is 21.3. The van der Waals surface area contributed by atoms with E-state index >= 15 is 0 Å². The minimum absolute atomic E-state index is 0.173. The minimum Gasteiger partial charge on any atom is -0.462 e. The first-order valence-electron chi connectivity index (χ1n) is 20.9. The largest absolute Gasteiger partial charge is 0.462 e. The van der Waals surface area contributed by atoms with E-state index in [4.69, 9.17) is 18.9 Å². The lowest BCUT2D eigenvalue weighted by atomic mass is 9.99. The Kier molecular flexibility index (Phi) is 31.9. The third-order valence-corrected chi connectivity index (χ3v) is 9.14. The van der Waals surface area contributed by atoms with Gasteiger partial charge in [-0.2, -0.15) is 0 Å². The predicted molar refractivity (Wildman–Crippen MR) is 215 cm³/mol. The van der Waals surface area contributed by atoms with Crippen LogP contribution in [-0.4, -0.2) is 89.0 Å². The van der Waals surface area contributed by atoms with Gasteiger partial charge in [-0.05, 0) is 77.0 Å². The molecule has 0 aromatic carbocycles. The van der Waals surface area contributed by atoms with Crippen LogP contribution in [0.2, 0.25) is 0 Å². The fraction of sp³-hybridized carbons (Fsp3) is 0.727. The van der Waals surface area contributed by atoms with Gasteiger partial charge in [0.05, 0.1) is 13.2 Å². The van der Waals surface area contributed by atoms with Crippen molar-refractivity contribution in [2.45, 2.75) is 185 Å². The van der Waals surface area contributed by atoms with Crippen LogP contribution in [0.1, 0.15) is 149 Å². The first-order valence-corrected chi connectivity index (χ1v) is 20.9. The Morgan fingerprint density at radius 2 is 1.09 bits per heavy atom. The van der Waals surface area contributed by atoms with Gasteiger partial charge in [0, 0.05) is 12.8 Å². The summed E-state index contributed by atoms with van der Waals surface area (Å²) >= 11 is 0. The van der Waals surface area contributed by atoms with Crippen LogP contribution in [0.5, 0.6) is 0 Å². The molecule has 0 amide bonds. The molecule has 1 rings (SSSR count). The number of carbonyl (C=O) groups excluding carboxylic acids is 2. The van der Waals surface area contributed by atoms with E-state index in [9.17, 15) is 30.0 Å². The lowest BCUT2D eigenvalue weighted by molar-refractivity contribution is -0.305. The number of hydrogen-bond acceptors (Lipinski definition) is 10. The van der Waals surface area contributed by atoms with Crippen LogP contribution in [0.25, 0.3) is 0 Å². The molecule has 0 saturated carbocycles. The van der Waals surface area contributed by atoms with E-state index in [0.717, 1.165) is 70.6 Å². The van der Waals surface area contributed by atoms with E-state index in [-0.39, 0.29) is 26.1 Å². The molecule has 0 aromatic rings. The van der Waals surface area contributed by atoms with Crippen LogP contribution in [0, 0.1) is 0 Å². The summed E-state index contributed by atoms with van der Waals surface area (Å²) in [6.45, 7) is 3.22. The molecule has 0 bridgehead atoms. The SMILES string of the molecule is CC/C=C/C/C=C/C/C=C/C/C=C/CCCCC(=O)O[C@@H](COC(=O)CCCCCCC/C=C/CCCCCCC)CO[C@H]1O[C@@H](CO)[C@@H](O)C(O)C1O. The Balaban J connectivity index is 2.41. The van der Waals surface area contributed by atoms with Crippen LogP contribution < -0.4 is 0 Å². The van der Waals surface area contributed by atoms with Gasteiger partial charge in [-0.15, -0.1) is 0 Å². The van der Waals surface area contributed by atoms with Crippen molar-refractivity contribution in [2.75, 3.05) is 19.8 Å². The average Bonchev–Trinajstić information content (AvgIpc) is 3.17. The molecule has 0 aromatic heterocycles. The van der Waals surface area contributed by atoms with Crippen molar-refractivity contribution in [3.63, 3.8) is 0 Å². The van der Waals surface area contributed by atoms with Gasteiger partial charge in [-0.3, -0.25) is 9.59 Å². The van der Waals surface area contributed by atoms with E-state index < -0.39 is 55.4 Å². The zero-order chi connectivity index (χ0) is 39.5. The zero-order valence-corrected chi connectivity index (χ0v) is 33.4. The topological polar surface area (TPSA) is 152 Å². The molecule has 1 saturated heterocycles. The summed E-state index contributed by atoms with van der Waals surface area (Å²) < 4.78 is 22.0. The lowest BCUT2D eigenvalue weighted by Crippen LogP contribution is -2.59. The quantitative estimate of drug-likeness (QED) is 0.0292. The highest BCUT2D eigenvalue weighted by molar-refractivity contribution is 5.70. The number of hydrogen-bond donors (Lipinski definition) is 4. The van der Waals surface area contributed by atoms with Crippen LogP contribution in [0.15, 0.2) is 60.8 Å². The summed E-state index contributed by atoms with van der Waals surface area (Å²) in [4.78, 5) is 25.2. The van der Waals surface area contributed by atoms with Gasteiger partial charge in [-0.1, -0.05) is 120 Å². The van der Waals surface area contributed by atoms with Crippen molar-refractivity contribution in [3.05, 3.63) is 60.8 Å². The predicted octanol–water partition coefficient (Wildman–Crippen LogP) is 8.27. The first kappa shape index (κ1) is 49.4. The smallest absolute Gasteiger partial charge is 0.306 e. The number of rotatable bonds is 33. The molecule has 10 heteroatoms. The molecule has 10 nitrogen and oxygen atoms in total. The van der Waals surface area contributed by atoms with E-state index in [1.54, 1.807) is 0 Å². The maximum absolute atomic E-state index is 12.7. The third kappa shape index (κ3) is 26.2. The summed E-state index contributed by atoms with van der Waals surface area (Å²) in [6.07, 6.45) is 33.7. The highest BCUT2D eigenvalue weighted by Crippen LogP contribution is 2.22. The van der Waals surface area contributed by atoms with Gasteiger partial charge in [0.25, 0.3) is 0 Å². The Bertz CT molecular complexity index is 1070. The maximum atomic E-state index is 12.7. The molecule has 1 aliphatic rings. The van der Waals surface area contributed by atoms with Crippen molar-refractivity contribution in [1.29, 1.82) is 0 Å². The molecular formula is C44H74O10. The minimum atomic E-state index is -1.61. The Labute approximate surface area is 326 Å². The molecule has 0 aliphatic carbocycles. The molecule has 54 heavy (non-hydrogen) atoms. The number of aliphatic hydroxyl groups is 4. The van der Waals surface area contributed by atoms with Gasteiger partial charge in [0.15, 0.2) is 12.4 Å². The zero-order valence-electron chi connectivity index (χ0n) is 33.4. The monoisotopic (exact) mass is 763 g/mol. The Morgan fingerprint density at radius 1 is 0.593 bits per heavy atom. The molecule has 0 spiro atoms. The fourth-order valence-corrected chi connectivity index (χ4v) is 5.82. The number of unbranched alkanes of at least 4 members (excludes halogenated alkanes) is 12. The maximum Gasteiger partial charge on any atom is 0.306 e. The molecule has 4 N–H and O–H groups in total. The Hall–Kier alpha value is -2.60. The van der Waals surface area contributed by atoms with Crippen LogP contribution in [0.4, 0.5) is 0 Å². The lowest BCUT2D eigenvalue weighted by Gasteiger charge is -2.39. The number of allylic oxidation sites excluding steroid dienone is 10. The molecule has 310 valence electrons. The summed E-state index contributed by atoms with van der Waals surface area (Å²) in [5.41, 5.74) is 0. The summed E-state index contributed by atoms with van der Waals surface area (Å²) in [5.74, 6) is -0.871. The van der Waals surface area contributed by atoms with E-state index in [1.807, 2.05) is 0 Å². The molecular weight excluding hydrogens is 688 g/mol. The summed E-state index contributed by atoms with van der Waals surface area (Å²) in [5, 5.41) is 40.0. The summed E-state index contributed by atoms with van der Waals surface area (Å²) in [6, 6.07) is 0. The summed E-state index contributed by atoms with van der Waals surface area (Å²) in [7, 11) is 0. The number of aliphatic hydroxyl groups excluding tert-OH is 4. The van der Waals surface area contributed by atoms with Crippen molar-refractivity contribution in [3.8, 4) is 0 Å². The van der Waals surface area contributed by atoms with Crippen molar-refractivity contribution < 1.29 is 49.0 Å². The molecule has 0 radical (unpaired) electrons. The molecule has 1 heterocycles. The fourth-order valence-electron chi connectivity index (χ4n) is 5.82. The van der Waals surface area contributed by atoms with Crippen molar-refractivity contribution in [1.82, 2.24) is 0 Å². The molecule has 1 aliphatic heterocycles. The first-order chi connectivity index (χ1) is 26.3. The molecule has 6 atom stereocenters.